The van der Waals surface area contributed by atoms with E-state index in [2.05, 4.69) is 6.92 Å². The zero-order valence-corrected chi connectivity index (χ0v) is 20.3. The van der Waals surface area contributed by atoms with E-state index >= 15 is 0 Å². The van der Waals surface area contributed by atoms with Crippen molar-refractivity contribution in [3.8, 4) is 5.75 Å². The SMILES string of the molecule is CC1(Cc2ccc(Cl)cc2)CCc2cc(C(=O)N(CC(=O)O)Cc3cccc(Cl)c3)ccc2O1. The highest BCUT2D eigenvalue weighted by molar-refractivity contribution is 6.30. The predicted molar refractivity (Wildman–Crippen MR) is 133 cm³/mol. The van der Waals surface area contributed by atoms with Crippen LogP contribution < -0.4 is 4.74 Å². The van der Waals surface area contributed by atoms with E-state index in [1.54, 1.807) is 30.3 Å². The zero-order chi connectivity index (χ0) is 24.3. The van der Waals surface area contributed by atoms with Gasteiger partial charge >= 0.3 is 5.97 Å². The number of amides is 1. The molecule has 0 saturated heterocycles. The summed E-state index contributed by atoms with van der Waals surface area (Å²) in [6.45, 7) is 1.83. The minimum Gasteiger partial charge on any atom is -0.487 e. The molecule has 1 N–H and O–H groups in total. The van der Waals surface area contributed by atoms with Crippen molar-refractivity contribution < 1.29 is 19.4 Å². The Morgan fingerprint density at radius 1 is 1.00 bits per heavy atom. The van der Waals surface area contributed by atoms with Crippen LogP contribution in [0.2, 0.25) is 10.0 Å². The summed E-state index contributed by atoms with van der Waals surface area (Å²) >= 11 is 12.0. The molecule has 0 radical (unpaired) electrons. The van der Waals surface area contributed by atoms with Crippen molar-refractivity contribution in [1.29, 1.82) is 0 Å². The largest absolute Gasteiger partial charge is 0.487 e. The minimum absolute atomic E-state index is 0.151. The summed E-state index contributed by atoms with van der Waals surface area (Å²) in [4.78, 5) is 26.0. The summed E-state index contributed by atoms with van der Waals surface area (Å²) < 4.78 is 6.36. The lowest BCUT2D eigenvalue weighted by molar-refractivity contribution is -0.137. The molecule has 3 aromatic rings. The van der Waals surface area contributed by atoms with Crippen molar-refractivity contribution >= 4 is 35.1 Å². The van der Waals surface area contributed by atoms with Crippen LogP contribution in [-0.4, -0.2) is 34.0 Å². The molecule has 0 aliphatic carbocycles. The number of ether oxygens (including phenoxy) is 1. The van der Waals surface area contributed by atoms with Gasteiger partial charge in [-0.15, -0.1) is 0 Å². The summed E-state index contributed by atoms with van der Waals surface area (Å²) in [5.74, 6) is -0.673. The van der Waals surface area contributed by atoms with Crippen molar-refractivity contribution in [2.45, 2.75) is 38.3 Å². The maximum Gasteiger partial charge on any atom is 0.323 e. The monoisotopic (exact) mass is 497 g/mol. The number of aliphatic carboxylic acids is 1. The molecule has 0 bridgehead atoms. The Bertz CT molecular complexity index is 1210. The number of carbonyl (C=O) groups is 2. The third kappa shape index (κ3) is 5.91. The van der Waals surface area contributed by atoms with E-state index in [9.17, 15) is 14.7 Å². The van der Waals surface area contributed by atoms with Gasteiger partial charge in [-0.3, -0.25) is 9.59 Å². The first-order valence-electron chi connectivity index (χ1n) is 11.0. The highest BCUT2D eigenvalue weighted by atomic mass is 35.5. The van der Waals surface area contributed by atoms with Gasteiger partial charge in [0.1, 0.15) is 17.9 Å². The Morgan fingerprint density at radius 3 is 2.47 bits per heavy atom. The lowest BCUT2D eigenvalue weighted by atomic mass is 9.87. The Balaban J connectivity index is 1.51. The van der Waals surface area contributed by atoms with Crippen LogP contribution in [-0.2, 0) is 24.2 Å². The van der Waals surface area contributed by atoms with E-state index in [4.69, 9.17) is 27.9 Å². The van der Waals surface area contributed by atoms with Gasteiger partial charge in [0.05, 0.1) is 0 Å². The van der Waals surface area contributed by atoms with Crippen LogP contribution in [0.3, 0.4) is 0 Å². The second kappa shape index (κ2) is 10.1. The minimum atomic E-state index is -1.07. The molecular formula is C27H25Cl2NO4. The van der Waals surface area contributed by atoms with E-state index in [0.717, 1.165) is 41.7 Å². The number of hydrogen-bond donors (Lipinski definition) is 1. The summed E-state index contributed by atoms with van der Waals surface area (Å²) in [7, 11) is 0. The number of benzene rings is 3. The van der Waals surface area contributed by atoms with Gasteiger partial charge in [0, 0.05) is 28.6 Å². The van der Waals surface area contributed by atoms with Crippen LogP contribution in [0, 0.1) is 0 Å². The van der Waals surface area contributed by atoms with Crippen molar-refractivity contribution in [3.63, 3.8) is 0 Å². The van der Waals surface area contributed by atoms with Gasteiger partial charge in [0.2, 0.25) is 0 Å². The number of carboxylic acid groups (broad SMARTS) is 1. The molecule has 0 spiro atoms. The number of halogens is 2. The quantitative estimate of drug-likeness (QED) is 0.431. The smallest absolute Gasteiger partial charge is 0.323 e. The van der Waals surface area contributed by atoms with Crippen LogP contribution >= 0.6 is 23.2 Å². The average Bonchev–Trinajstić information content (AvgIpc) is 2.79. The molecule has 0 saturated carbocycles. The molecule has 1 atom stereocenters. The highest BCUT2D eigenvalue weighted by Crippen LogP contribution is 2.36. The van der Waals surface area contributed by atoms with Gasteiger partial charge in [0.25, 0.3) is 5.91 Å². The standard InChI is InChI=1S/C27H25Cl2NO4/c1-27(15-18-5-8-22(28)9-6-18)12-11-20-14-21(7-10-24(20)34-27)26(33)30(17-25(31)32)16-19-3-2-4-23(29)13-19/h2-10,13-14H,11-12,15-17H2,1H3,(H,31,32). The summed E-state index contributed by atoms with van der Waals surface area (Å²) in [5, 5.41) is 10.6. The molecule has 5 nitrogen and oxygen atoms in total. The third-order valence-electron chi connectivity index (χ3n) is 5.95. The number of carboxylic acids is 1. The number of aryl methyl sites for hydroxylation is 1. The average molecular weight is 498 g/mol. The van der Waals surface area contributed by atoms with E-state index in [1.165, 1.54) is 4.90 Å². The lowest BCUT2D eigenvalue weighted by Crippen LogP contribution is -2.39. The Labute approximate surface area is 208 Å². The predicted octanol–water partition coefficient (Wildman–Crippen LogP) is 6.05. The highest BCUT2D eigenvalue weighted by Gasteiger charge is 2.32. The van der Waals surface area contributed by atoms with Crippen LogP contribution in [0.4, 0.5) is 0 Å². The van der Waals surface area contributed by atoms with E-state index in [0.29, 0.717) is 15.6 Å². The number of rotatable bonds is 7. The molecular weight excluding hydrogens is 473 g/mol. The molecule has 3 aromatic carbocycles. The molecule has 1 aliphatic rings. The zero-order valence-electron chi connectivity index (χ0n) is 18.8. The number of carbonyl (C=O) groups excluding carboxylic acids is 1. The molecule has 1 amide bonds. The number of fused-ring (bicyclic) bond motifs is 1. The normalized spacial score (nSPS) is 16.9. The molecule has 4 rings (SSSR count). The fourth-order valence-corrected chi connectivity index (χ4v) is 4.62. The molecule has 176 valence electrons. The van der Waals surface area contributed by atoms with Crippen LogP contribution in [0.25, 0.3) is 0 Å². The first kappa shape index (κ1) is 24.1. The summed E-state index contributed by atoms with van der Waals surface area (Å²) in [6.07, 6.45) is 2.30. The first-order chi connectivity index (χ1) is 16.2. The van der Waals surface area contributed by atoms with Crippen molar-refractivity contribution in [2.75, 3.05) is 6.54 Å². The molecule has 0 fully saturated rings. The van der Waals surface area contributed by atoms with E-state index < -0.39 is 12.5 Å². The number of hydrogen-bond acceptors (Lipinski definition) is 3. The molecule has 1 unspecified atom stereocenters. The Hall–Kier alpha value is -3.02. The fraction of sp³-hybridized carbons (Fsp3) is 0.259. The van der Waals surface area contributed by atoms with Gasteiger partial charge in [-0.25, -0.2) is 0 Å². The Kier molecular flexibility index (Phi) is 7.15. The maximum absolute atomic E-state index is 13.2. The molecule has 34 heavy (non-hydrogen) atoms. The topological polar surface area (TPSA) is 66.8 Å². The van der Waals surface area contributed by atoms with Gasteiger partial charge in [-0.2, -0.15) is 0 Å². The molecule has 7 heteroatoms. The third-order valence-corrected chi connectivity index (χ3v) is 6.44. The van der Waals surface area contributed by atoms with E-state index in [-0.39, 0.29) is 18.1 Å². The van der Waals surface area contributed by atoms with Gasteiger partial charge in [0.15, 0.2) is 0 Å². The fourth-order valence-electron chi connectivity index (χ4n) is 4.28. The van der Waals surface area contributed by atoms with Crippen LogP contribution in [0.5, 0.6) is 5.75 Å². The molecule has 1 aliphatic heterocycles. The first-order valence-corrected chi connectivity index (χ1v) is 11.8. The van der Waals surface area contributed by atoms with Crippen molar-refractivity contribution in [3.05, 3.63) is 99.0 Å². The summed E-state index contributed by atoms with van der Waals surface area (Å²) in [6, 6.07) is 20.1. The van der Waals surface area contributed by atoms with Gasteiger partial charge < -0.3 is 14.7 Å². The van der Waals surface area contributed by atoms with Crippen molar-refractivity contribution in [1.82, 2.24) is 4.90 Å². The lowest BCUT2D eigenvalue weighted by Gasteiger charge is -2.36. The Morgan fingerprint density at radius 2 is 1.76 bits per heavy atom. The van der Waals surface area contributed by atoms with Gasteiger partial charge in [-0.05, 0) is 78.9 Å². The van der Waals surface area contributed by atoms with Crippen LogP contribution in [0.15, 0.2) is 66.7 Å². The van der Waals surface area contributed by atoms with E-state index in [1.807, 2.05) is 36.4 Å². The number of nitrogens with zero attached hydrogens (tertiary/aromatic N) is 1. The van der Waals surface area contributed by atoms with Gasteiger partial charge in [-0.1, -0.05) is 47.5 Å². The second-order valence-corrected chi connectivity index (χ2v) is 9.74. The van der Waals surface area contributed by atoms with Crippen LogP contribution in [0.1, 0.15) is 40.4 Å². The summed E-state index contributed by atoms with van der Waals surface area (Å²) in [5.41, 5.74) is 2.92. The molecule has 1 heterocycles. The second-order valence-electron chi connectivity index (χ2n) is 8.86. The van der Waals surface area contributed by atoms with Crippen molar-refractivity contribution in [2.24, 2.45) is 0 Å². The molecule has 0 aromatic heterocycles. The maximum atomic E-state index is 13.2.